The van der Waals surface area contributed by atoms with E-state index >= 15 is 0 Å². The maximum Gasteiger partial charge on any atom is 0.250 e. The van der Waals surface area contributed by atoms with Crippen molar-refractivity contribution in [2.45, 2.75) is 52.6 Å². The van der Waals surface area contributed by atoms with E-state index < -0.39 is 11.8 Å². The van der Waals surface area contributed by atoms with Crippen LogP contribution in [0.25, 0.3) is 0 Å². The fourth-order valence-electron chi connectivity index (χ4n) is 0.753. The molecular formula is C10H22F2O2. The summed E-state index contributed by atoms with van der Waals surface area (Å²) in [7, 11) is 0. The Morgan fingerprint density at radius 1 is 1.21 bits per heavy atom. The summed E-state index contributed by atoms with van der Waals surface area (Å²) < 4.78 is 25.2. The van der Waals surface area contributed by atoms with Crippen LogP contribution in [-0.4, -0.2) is 28.8 Å². The Hall–Kier alpha value is -0.220. The lowest BCUT2D eigenvalue weighted by Crippen LogP contribution is -2.25. The predicted octanol–water partition coefficient (Wildman–Crippen LogP) is 2.44. The second-order valence-corrected chi connectivity index (χ2v) is 3.62. The fourth-order valence-corrected chi connectivity index (χ4v) is 0.753. The number of aliphatic hydroxyl groups is 2. The molecule has 0 unspecified atom stereocenters. The van der Waals surface area contributed by atoms with Crippen LogP contribution >= 0.6 is 0 Å². The van der Waals surface area contributed by atoms with Gasteiger partial charge in [0, 0.05) is 25.0 Å². The molecule has 0 heterocycles. The van der Waals surface area contributed by atoms with Gasteiger partial charge in [0.15, 0.2) is 0 Å². The summed E-state index contributed by atoms with van der Waals surface area (Å²) in [6.45, 7) is 6.20. The Labute approximate surface area is 84.9 Å². The van der Waals surface area contributed by atoms with E-state index in [-0.39, 0.29) is 25.6 Å². The highest BCUT2D eigenvalue weighted by molar-refractivity contribution is 4.71. The summed E-state index contributed by atoms with van der Waals surface area (Å²) in [4.78, 5) is 0. The molecule has 0 spiro atoms. The highest BCUT2D eigenvalue weighted by atomic mass is 19.3. The summed E-state index contributed by atoms with van der Waals surface area (Å²) in [6.07, 6.45) is -0.130. The molecule has 2 nitrogen and oxygen atoms in total. The van der Waals surface area contributed by atoms with Gasteiger partial charge in [0.05, 0.1) is 0 Å². The first-order valence-corrected chi connectivity index (χ1v) is 4.94. The van der Waals surface area contributed by atoms with E-state index in [1.54, 1.807) is 13.8 Å². The Balaban J connectivity index is 0. The second-order valence-electron chi connectivity index (χ2n) is 3.62. The molecule has 14 heavy (non-hydrogen) atoms. The molecule has 0 saturated carbocycles. The van der Waals surface area contributed by atoms with Gasteiger partial charge >= 0.3 is 0 Å². The standard InChI is InChI=1S/C7H14F2O.C3H8O/c1-3-7(8,9)6(2)4-5-10;1-3(2)4/h6,10H,3-5H2,1-2H3;3-4H,1-2H3/t6-;/m1./s1. The van der Waals surface area contributed by atoms with Crippen molar-refractivity contribution in [3.05, 3.63) is 0 Å². The molecular weight excluding hydrogens is 190 g/mol. The van der Waals surface area contributed by atoms with E-state index in [0.29, 0.717) is 0 Å². The van der Waals surface area contributed by atoms with Gasteiger partial charge in [0.1, 0.15) is 0 Å². The number of hydrogen-bond donors (Lipinski definition) is 2. The van der Waals surface area contributed by atoms with Gasteiger partial charge in [-0.25, -0.2) is 8.78 Å². The average molecular weight is 212 g/mol. The summed E-state index contributed by atoms with van der Waals surface area (Å²) >= 11 is 0. The van der Waals surface area contributed by atoms with Crippen LogP contribution in [0.15, 0.2) is 0 Å². The van der Waals surface area contributed by atoms with E-state index in [0.717, 1.165) is 0 Å². The summed E-state index contributed by atoms with van der Waals surface area (Å²) in [5, 5.41) is 16.4. The van der Waals surface area contributed by atoms with Gasteiger partial charge in [-0.2, -0.15) is 0 Å². The van der Waals surface area contributed by atoms with Gasteiger partial charge in [0.25, 0.3) is 5.92 Å². The molecule has 2 N–H and O–H groups in total. The largest absolute Gasteiger partial charge is 0.396 e. The van der Waals surface area contributed by atoms with Crippen molar-refractivity contribution in [3.63, 3.8) is 0 Å². The van der Waals surface area contributed by atoms with Crippen LogP contribution in [0.3, 0.4) is 0 Å². The van der Waals surface area contributed by atoms with Crippen molar-refractivity contribution in [2.24, 2.45) is 5.92 Å². The van der Waals surface area contributed by atoms with Crippen molar-refractivity contribution in [3.8, 4) is 0 Å². The van der Waals surface area contributed by atoms with E-state index in [1.165, 1.54) is 13.8 Å². The van der Waals surface area contributed by atoms with E-state index in [9.17, 15) is 8.78 Å². The molecule has 0 aromatic carbocycles. The molecule has 0 aliphatic rings. The maximum atomic E-state index is 12.6. The average Bonchev–Trinajstić information content (AvgIpc) is 2.04. The molecule has 88 valence electrons. The molecule has 0 aliphatic carbocycles. The molecule has 0 aliphatic heterocycles. The zero-order valence-corrected chi connectivity index (χ0v) is 9.43. The molecule has 0 bridgehead atoms. The minimum atomic E-state index is -2.61. The van der Waals surface area contributed by atoms with Crippen LogP contribution in [-0.2, 0) is 0 Å². The van der Waals surface area contributed by atoms with Crippen molar-refractivity contribution in [1.29, 1.82) is 0 Å². The molecule has 0 aromatic rings. The molecule has 0 saturated heterocycles. The molecule has 0 radical (unpaired) electrons. The van der Waals surface area contributed by atoms with Crippen LogP contribution in [0.2, 0.25) is 0 Å². The number of aliphatic hydroxyl groups excluding tert-OH is 2. The molecule has 0 aromatic heterocycles. The molecule has 0 amide bonds. The highest BCUT2D eigenvalue weighted by Gasteiger charge is 2.33. The van der Waals surface area contributed by atoms with Gasteiger partial charge in [0.2, 0.25) is 0 Å². The lowest BCUT2D eigenvalue weighted by molar-refractivity contribution is -0.0613. The first kappa shape index (κ1) is 16.2. The van der Waals surface area contributed by atoms with Gasteiger partial charge in [-0.05, 0) is 20.3 Å². The van der Waals surface area contributed by atoms with Crippen LogP contribution < -0.4 is 0 Å². The Kier molecular flexibility index (Phi) is 9.41. The van der Waals surface area contributed by atoms with Gasteiger partial charge in [-0.15, -0.1) is 0 Å². The molecule has 0 fully saturated rings. The Bertz CT molecular complexity index is 125. The second kappa shape index (κ2) is 8.12. The number of hydrogen-bond acceptors (Lipinski definition) is 2. The number of rotatable bonds is 4. The predicted molar refractivity (Wildman–Crippen MR) is 53.5 cm³/mol. The first-order chi connectivity index (χ1) is 6.27. The van der Waals surface area contributed by atoms with Crippen LogP contribution in [0.1, 0.15) is 40.5 Å². The smallest absolute Gasteiger partial charge is 0.250 e. The van der Waals surface area contributed by atoms with Crippen molar-refractivity contribution in [2.75, 3.05) is 6.61 Å². The third kappa shape index (κ3) is 9.86. The van der Waals surface area contributed by atoms with Crippen LogP contribution in [0, 0.1) is 5.92 Å². The fraction of sp³-hybridized carbons (Fsp3) is 1.00. The Morgan fingerprint density at radius 3 is 1.79 bits per heavy atom. The first-order valence-electron chi connectivity index (χ1n) is 4.94. The van der Waals surface area contributed by atoms with Crippen LogP contribution in [0.5, 0.6) is 0 Å². The SMILES string of the molecule is CC(C)O.CCC(F)(F)[C@H](C)CCO. The van der Waals surface area contributed by atoms with Gasteiger partial charge in [-0.1, -0.05) is 13.8 Å². The van der Waals surface area contributed by atoms with Gasteiger partial charge < -0.3 is 10.2 Å². The maximum absolute atomic E-state index is 12.6. The third-order valence-electron chi connectivity index (χ3n) is 1.75. The lowest BCUT2D eigenvalue weighted by Gasteiger charge is -2.20. The van der Waals surface area contributed by atoms with Gasteiger partial charge in [-0.3, -0.25) is 0 Å². The minimum absolute atomic E-state index is 0.145. The molecule has 4 heteroatoms. The summed E-state index contributed by atoms with van der Waals surface area (Å²) in [5.41, 5.74) is 0. The lowest BCUT2D eigenvalue weighted by atomic mass is 9.98. The topological polar surface area (TPSA) is 40.5 Å². The zero-order valence-electron chi connectivity index (χ0n) is 9.43. The summed E-state index contributed by atoms with van der Waals surface area (Å²) in [5.74, 6) is -3.31. The monoisotopic (exact) mass is 212 g/mol. The highest BCUT2D eigenvalue weighted by Crippen LogP contribution is 2.29. The quantitative estimate of drug-likeness (QED) is 0.751. The Morgan fingerprint density at radius 2 is 1.57 bits per heavy atom. The minimum Gasteiger partial charge on any atom is -0.396 e. The number of halogens is 2. The number of alkyl halides is 2. The van der Waals surface area contributed by atoms with Crippen LogP contribution in [0.4, 0.5) is 8.78 Å². The van der Waals surface area contributed by atoms with Crippen molar-refractivity contribution in [1.82, 2.24) is 0 Å². The van der Waals surface area contributed by atoms with E-state index in [4.69, 9.17) is 10.2 Å². The van der Waals surface area contributed by atoms with E-state index in [1.807, 2.05) is 0 Å². The van der Waals surface area contributed by atoms with Crippen molar-refractivity contribution >= 4 is 0 Å². The molecule has 0 rings (SSSR count). The third-order valence-corrected chi connectivity index (χ3v) is 1.75. The van der Waals surface area contributed by atoms with Crippen molar-refractivity contribution < 1.29 is 19.0 Å². The normalized spacial score (nSPS) is 13.5. The van der Waals surface area contributed by atoms with E-state index in [2.05, 4.69) is 0 Å². The summed E-state index contributed by atoms with van der Waals surface area (Å²) in [6, 6.07) is 0. The zero-order chi connectivity index (χ0) is 11.8. The molecule has 1 atom stereocenters.